The Labute approximate surface area is 125 Å². The number of anilines is 1. The van der Waals surface area contributed by atoms with E-state index < -0.39 is 0 Å². The molecular weight excluding hydrogens is 266 g/mol. The summed E-state index contributed by atoms with van der Waals surface area (Å²) in [5.41, 5.74) is 4.09. The average molecular weight is 289 g/mol. The van der Waals surface area contributed by atoms with E-state index in [1.807, 2.05) is 25.1 Å². The molecule has 0 heterocycles. The standard InChI is InChI=1S/C16H23N3O2/c1-12(2)11-13(3)18-19-16(21)10-9-15(20)17-14-7-5-4-6-8-14/h4-8,12H,9-11H2,1-3H3,(H,17,20)(H,19,21)/b18-13+. The lowest BCUT2D eigenvalue weighted by Gasteiger charge is -2.06. The molecule has 0 saturated carbocycles. The first kappa shape index (κ1) is 16.9. The molecule has 21 heavy (non-hydrogen) atoms. The van der Waals surface area contributed by atoms with Crippen molar-refractivity contribution in [2.75, 3.05) is 5.32 Å². The van der Waals surface area contributed by atoms with Gasteiger partial charge in [-0.3, -0.25) is 9.59 Å². The SMILES string of the molecule is C/C(CC(C)C)=N\NC(=O)CCC(=O)Nc1ccccc1. The van der Waals surface area contributed by atoms with E-state index in [-0.39, 0.29) is 24.7 Å². The number of hydrogen-bond donors (Lipinski definition) is 2. The first-order chi connectivity index (χ1) is 9.97. The van der Waals surface area contributed by atoms with Gasteiger partial charge in [-0.05, 0) is 31.4 Å². The van der Waals surface area contributed by atoms with Crippen molar-refractivity contribution < 1.29 is 9.59 Å². The van der Waals surface area contributed by atoms with Gasteiger partial charge in [0.15, 0.2) is 0 Å². The molecule has 0 saturated heterocycles. The third-order valence-electron chi connectivity index (χ3n) is 2.71. The zero-order chi connectivity index (χ0) is 15.7. The van der Waals surface area contributed by atoms with Crippen LogP contribution in [-0.4, -0.2) is 17.5 Å². The Bertz CT molecular complexity index is 496. The molecule has 0 unspecified atom stereocenters. The molecule has 2 N–H and O–H groups in total. The van der Waals surface area contributed by atoms with Gasteiger partial charge in [0.2, 0.25) is 11.8 Å². The highest BCUT2D eigenvalue weighted by Gasteiger charge is 2.07. The Morgan fingerprint density at radius 2 is 1.71 bits per heavy atom. The number of benzene rings is 1. The Morgan fingerprint density at radius 1 is 1.10 bits per heavy atom. The van der Waals surface area contributed by atoms with Gasteiger partial charge in [0.25, 0.3) is 0 Å². The largest absolute Gasteiger partial charge is 0.326 e. The molecule has 0 aliphatic heterocycles. The van der Waals surface area contributed by atoms with E-state index in [1.165, 1.54) is 0 Å². The maximum atomic E-state index is 11.7. The molecule has 0 aliphatic carbocycles. The van der Waals surface area contributed by atoms with Crippen LogP contribution in [0.4, 0.5) is 5.69 Å². The van der Waals surface area contributed by atoms with Crippen LogP contribution < -0.4 is 10.7 Å². The number of nitrogens with one attached hydrogen (secondary N) is 2. The molecule has 5 heteroatoms. The lowest BCUT2D eigenvalue weighted by atomic mass is 10.1. The molecule has 0 radical (unpaired) electrons. The van der Waals surface area contributed by atoms with Gasteiger partial charge in [0.05, 0.1) is 0 Å². The van der Waals surface area contributed by atoms with E-state index in [4.69, 9.17) is 0 Å². The molecule has 1 rings (SSSR count). The summed E-state index contributed by atoms with van der Waals surface area (Å²) in [6.07, 6.45) is 1.10. The predicted molar refractivity (Wildman–Crippen MR) is 85.0 cm³/mol. The van der Waals surface area contributed by atoms with Crippen molar-refractivity contribution in [2.24, 2.45) is 11.0 Å². The van der Waals surface area contributed by atoms with Crippen LogP contribution in [0, 0.1) is 5.92 Å². The van der Waals surface area contributed by atoms with Crippen LogP contribution >= 0.6 is 0 Å². The van der Waals surface area contributed by atoms with E-state index >= 15 is 0 Å². The summed E-state index contributed by atoms with van der Waals surface area (Å²) >= 11 is 0. The van der Waals surface area contributed by atoms with Crippen molar-refractivity contribution in [3.05, 3.63) is 30.3 Å². The van der Waals surface area contributed by atoms with Crippen LogP contribution in [0.15, 0.2) is 35.4 Å². The number of nitrogens with zero attached hydrogens (tertiary/aromatic N) is 1. The average Bonchev–Trinajstić information content (AvgIpc) is 2.43. The number of para-hydroxylation sites is 1. The third kappa shape index (κ3) is 7.87. The molecule has 1 aromatic rings. The summed E-state index contributed by atoms with van der Waals surface area (Å²) in [6.45, 7) is 6.06. The van der Waals surface area contributed by atoms with Crippen molar-refractivity contribution in [3.63, 3.8) is 0 Å². The van der Waals surface area contributed by atoms with Gasteiger partial charge in [0.1, 0.15) is 0 Å². The second-order valence-electron chi connectivity index (χ2n) is 5.39. The zero-order valence-electron chi connectivity index (χ0n) is 12.8. The van der Waals surface area contributed by atoms with Crippen LogP contribution in [0.3, 0.4) is 0 Å². The Balaban J connectivity index is 2.28. The summed E-state index contributed by atoms with van der Waals surface area (Å²) in [4.78, 5) is 23.3. The van der Waals surface area contributed by atoms with Crippen molar-refractivity contribution in [1.29, 1.82) is 0 Å². The maximum absolute atomic E-state index is 11.7. The minimum atomic E-state index is -0.249. The Hall–Kier alpha value is -2.17. The molecule has 0 atom stereocenters. The van der Waals surface area contributed by atoms with Gasteiger partial charge in [-0.1, -0.05) is 32.0 Å². The van der Waals surface area contributed by atoms with Crippen molar-refractivity contribution in [3.8, 4) is 0 Å². The summed E-state index contributed by atoms with van der Waals surface area (Å²) < 4.78 is 0. The first-order valence-corrected chi connectivity index (χ1v) is 7.14. The molecular formula is C16H23N3O2. The minimum Gasteiger partial charge on any atom is -0.326 e. The highest BCUT2D eigenvalue weighted by Crippen LogP contribution is 2.06. The molecule has 0 spiro atoms. The number of carbonyl (C=O) groups is 2. The highest BCUT2D eigenvalue weighted by atomic mass is 16.2. The summed E-state index contributed by atoms with van der Waals surface area (Å²) in [6, 6.07) is 9.17. The number of rotatable bonds is 7. The monoisotopic (exact) mass is 289 g/mol. The highest BCUT2D eigenvalue weighted by molar-refractivity contribution is 5.93. The fourth-order valence-electron chi connectivity index (χ4n) is 1.82. The van der Waals surface area contributed by atoms with Gasteiger partial charge >= 0.3 is 0 Å². The van der Waals surface area contributed by atoms with E-state index in [0.29, 0.717) is 5.92 Å². The van der Waals surface area contributed by atoms with Crippen LogP contribution in [0.1, 0.15) is 40.0 Å². The van der Waals surface area contributed by atoms with Gasteiger partial charge in [-0.15, -0.1) is 0 Å². The molecule has 0 aromatic heterocycles. The van der Waals surface area contributed by atoms with Gasteiger partial charge < -0.3 is 5.32 Å². The summed E-state index contributed by atoms with van der Waals surface area (Å²) in [5.74, 6) is 0.0721. The zero-order valence-corrected chi connectivity index (χ0v) is 12.8. The molecule has 0 fully saturated rings. The summed E-state index contributed by atoms with van der Waals surface area (Å²) in [7, 11) is 0. The van der Waals surface area contributed by atoms with Gasteiger partial charge in [0, 0.05) is 24.2 Å². The minimum absolute atomic E-state index is 0.122. The van der Waals surface area contributed by atoms with Gasteiger partial charge in [-0.2, -0.15) is 5.10 Å². The van der Waals surface area contributed by atoms with E-state index in [9.17, 15) is 9.59 Å². The normalized spacial score (nSPS) is 11.3. The van der Waals surface area contributed by atoms with E-state index in [2.05, 4.69) is 29.7 Å². The second kappa shape index (κ2) is 8.89. The number of amides is 2. The lowest BCUT2D eigenvalue weighted by molar-refractivity contribution is -0.124. The van der Waals surface area contributed by atoms with Gasteiger partial charge in [-0.25, -0.2) is 5.43 Å². The van der Waals surface area contributed by atoms with Crippen molar-refractivity contribution in [2.45, 2.75) is 40.0 Å². The van der Waals surface area contributed by atoms with Crippen LogP contribution in [0.5, 0.6) is 0 Å². The first-order valence-electron chi connectivity index (χ1n) is 7.14. The second-order valence-corrected chi connectivity index (χ2v) is 5.39. The van der Waals surface area contributed by atoms with Crippen LogP contribution in [0.25, 0.3) is 0 Å². The smallest absolute Gasteiger partial charge is 0.240 e. The Morgan fingerprint density at radius 3 is 2.33 bits per heavy atom. The number of hydrogen-bond acceptors (Lipinski definition) is 3. The molecule has 2 amide bonds. The third-order valence-corrected chi connectivity index (χ3v) is 2.71. The lowest BCUT2D eigenvalue weighted by Crippen LogP contribution is -2.21. The number of hydrazone groups is 1. The number of carbonyl (C=O) groups excluding carboxylic acids is 2. The van der Waals surface area contributed by atoms with Crippen LogP contribution in [-0.2, 0) is 9.59 Å². The molecule has 5 nitrogen and oxygen atoms in total. The fraction of sp³-hybridized carbons (Fsp3) is 0.438. The van der Waals surface area contributed by atoms with E-state index in [1.54, 1.807) is 12.1 Å². The van der Waals surface area contributed by atoms with E-state index in [0.717, 1.165) is 17.8 Å². The molecule has 1 aromatic carbocycles. The molecule has 0 bridgehead atoms. The molecule has 114 valence electrons. The quantitative estimate of drug-likeness (QED) is 0.598. The topological polar surface area (TPSA) is 70.6 Å². The molecule has 0 aliphatic rings. The predicted octanol–water partition coefficient (Wildman–Crippen LogP) is 2.94. The fourth-order valence-corrected chi connectivity index (χ4v) is 1.82. The van der Waals surface area contributed by atoms with Crippen molar-refractivity contribution in [1.82, 2.24) is 5.43 Å². The van der Waals surface area contributed by atoms with Crippen molar-refractivity contribution >= 4 is 23.2 Å². The maximum Gasteiger partial charge on any atom is 0.240 e. The van der Waals surface area contributed by atoms with Crippen LogP contribution in [0.2, 0.25) is 0 Å². The summed E-state index contributed by atoms with van der Waals surface area (Å²) in [5, 5.41) is 6.75. The Kier molecular flexibility index (Phi) is 7.15.